The average Bonchev–Trinajstić information content (AvgIpc) is 2.58. The molecule has 0 amide bonds. The molecule has 2 atom stereocenters. The molecular formula is C20H39NO4. The third kappa shape index (κ3) is 15.1. The van der Waals surface area contributed by atoms with Crippen LogP contribution < -0.4 is 5.73 Å². The summed E-state index contributed by atoms with van der Waals surface area (Å²) in [6.45, 7) is 3.64. The second-order valence-corrected chi connectivity index (χ2v) is 7.05. The van der Waals surface area contributed by atoms with E-state index < -0.39 is 24.1 Å². The Kier molecular flexibility index (Phi) is 15.9. The Labute approximate surface area is 153 Å². The average molecular weight is 358 g/mol. The quantitative estimate of drug-likeness (QED) is 0.245. The lowest BCUT2D eigenvalue weighted by Crippen LogP contribution is -2.42. The van der Waals surface area contributed by atoms with Crippen molar-refractivity contribution in [1.29, 1.82) is 0 Å². The van der Waals surface area contributed by atoms with Gasteiger partial charge in [0.05, 0.1) is 6.10 Å². The van der Waals surface area contributed by atoms with E-state index in [1.54, 1.807) is 0 Å². The van der Waals surface area contributed by atoms with Crippen molar-refractivity contribution < 1.29 is 19.4 Å². The number of hydrogen-bond donors (Lipinski definition) is 2. The standard InChI is InChI=1S/C20H39NO4/c1-3-4-5-6-7-8-9-10-11-12-13-14-15-16-18(23)25-20(24)19(21)17(2)22/h17,19,22H,3-16,21H2,1-2H3/t17-,19+/m1/s1. The van der Waals surface area contributed by atoms with E-state index in [1.165, 1.54) is 71.1 Å². The molecule has 0 rings (SSSR count). The first kappa shape index (κ1) is 24.1. The van der Waals surface area contributed by atoms with Crippen molar-refractivity contribution in [3.05, 3.63) is 0 Å². The van der Waals surface area contributed by atoms with Crippen molar-refractivity contribution in [2.24, 2.45) is 5.73 Å². The van der Waals surface area contributed by atoms with E-state index >= 15 is 0 Å². The summed E-state index contributed by atoms with van der Waals surface area (Å²) in [6.07, 6.45) is 15.3. The van der Waals surface area contributed by atoms with Crippen LogP contribution in [0.15, 0.2) is 0 Å². The molecule has 0 spiro atoms. The van der Waals surface area contributed by atoms with Gasteiger partial charge in [0, 0.05) is 6.42 Å². The number of hydrogen-bond acceptors (Lipinski definition) is 5. The molecule has 0 radical (unpaired) electrons. The maximum absolute atomic E-state index is 11.5. The zero-order chi connectivity index (χ0) is 18.9. The summed E-state index contributed by atoms with van der Waals surface area (Å²) < 4.78 is 4.62. The van der Waals surface area contributed by atoms with Crippen LogP contribution in [-0.2, 0) is 14.3 Å². The largest absolute Gasteiger partial charge is 0.392 e. The van der Waals surface area contributed by atoms with Crippen LogP contribution in [0, 0.1) is 0 Å². The van der Waals surface area contributed by atoms with E-state index in [0.717, 1.165) is 19.3 Å². The highest BCUT2D eigenvalue weighted by atomic mass is 16.6. The van der Waals surface area contributed by atoms with Gasteiger partial charge in [-0.25, -0.2) is 4.79 Å². The normalized spacial score (nSPS) is 13.4. The van der Waals surface area contributed by atoms with Gasteiger partial charge in [-0.3, -0.25) is 4.79 Å². The predicted molar refractivity (Wildman–Crippen MR) is 101 cm³/mol. The number of carbonyl (C=O) groups is 2. The van der Waals surface area contributed by atoms with Gasteiger partial charge in [-0.1, -0.05) is 84.0 Å². The van der Waals surface area contributed by atoms with Crippen molar-refractivity contribution >= 4 is 11.9 Å². The fraction of sp³-hybridized carbons (Fsp3) is 0.900. The van der Waals surface area contributed by atoms with Crippen LogP contribution >= 0.6 is 0 Å². The Bertz CT molecular complexity index is 345. The smallest absolute Gasteiger partial charge is 0.333 e. The van der Waals surface area contributed by atoms with Crippen LogP contribution in [0.2, 0.25) is 0 Å². The molecule has 0 aliphatic carbocycles. The van der Waals surface area contributed by atoms with Crippen LogP contribution in [0.1, 0.15) is 104 Å². The van der Waals surface area contributed by atoms with Gasteiger partial charge in [0.25, 0.3) is 0 Å². The fourth-order valence-electron chi connectivity index (χ4n) is 2.72. The van der Waals surface area contributed by atoms with E-state index in [0.29, 0.717) is 0 Å². The first-order valence-electron chi connectivity index (χ1n) is 10.2. The molecule has 5 heteroatoms. The first-order valence-corrected chi connectivity index (χ1v) is 10.2. The summed E-state index contributed by atoms with van der Waals surface area (Å²) in [4.78, 5) is 22.9. The SMILES string of the molecule is CCCCCCCCCCCCCCCC(=O)OC(=O)[C@@H](N)[C@@H](C)O. The Balaban J connectivity index is 3.35. The zero-order valence-electron chi connectivity index (χ0n) is 16.3. The molecule has 0 aromatic rings. The molecule has 25 heavy (non-hydrogen) atoms. The van der Waals surface area contributed by atoms with Crippen LogP contribution in [0.25, 0.3) is 0 Å². The minimum Gasteiger partial charge on any atom is -0.392 e. The lowest BCUT2D eigenvalue weighted by molar-refractivity contribution is -0.162. The molecular weight excluding hydrogens is 318 g/mol. The molecule has 0 saturated heterocycles. The van der Waals surface area contributed by atoms with Gasteiger partial charge in [0.2, 0.25) is 0 Å². The minimum absolute atomic E-state index is 0.232. The Morgan fingerprint density at radius 2 is 1.24 bits per heavy atom. The van der Waals surface area contributed by atoms with Crippen molar-refractivity contribution in [3.8, 4) is 0 Å². The lowest BCUT2D eigenvalue weighted by Gasteiger charge is -2.12. The maximum atomic E-state index is 11.5. The van der Waals surface area contributed by atoms with Crippen molar-refractivity contribution in [1.82, 2.24) is 0 Å². The van der Waals surface area contributed by atoms with Gasteiger partial charge in [-0.15, -0.1) is 0 Å². The number of aliphatic hydroxyl groups is 1. The summed E-state index contributed by atoms with van der Waals surface area (Å²) in [6, 6.07) is -1.16. The molecule has 148 valence electrons. The first-order chi connectivity index (χ1) is 12.0. The van der Waals surface area contributed by atoms with Gasteiger partial charge < -0.3 is 15.6 Å². The topological polar surface area (TPSA) is 89.6 Å². The fourth-order valence-corrected chi connectivity index (χ4v) is 2.72. The molecule has 0 aliphatic rings. The number of nitrogens with two attached hydrogens (primary N) is 1. The lowest BCUT2D eigenvalue weighted by atomic mass is 10.0. The van der Waals surface area contributed by atoms with Crippen molar-refractivity contribution in [3.63, 3.8) is 0 Å². The van der Waals surface area contributed by atoms with Crippen molar-refractivity contribution in [2.75, 3.05) is 0 Å². The molecule has 0 heterocycles. The molecule has 0 aliphatic heterocycles. The van der Waals surface area contributed by atoms with E-state index in [-0.39, 0.29) is 6.42 Å². The van der Waals surface area contributed by atoms with Crippen LogP contribution in [0.5, 0.6) is 0 Å². The predicted octanol–water partition coefficient (Wildman–Crippen LogP) is 4.25. The molecule has 0 aromatic carbocycles. The number of aliphatic hydroxyl groups excluding tert-OH is 1. The second-order valence-electron chi connectivity index (χ2n) is 7.05. The van der Waals surface area contributed by atoms with Gasteiger partial charge in [-0.2, -0.15) is 0 Å². The third-order valence-corrected chi connectivity index (χ3v) is 4.49. The van der Waals surface area contributed by atoms with Gasteiger partial charge in [-0.05, 0) is 13.3 Å². The molecule has 3 N–H and O–H groups in total. The number of unbranched alkanes of at least 4 members (excludes halogenated alkanes) is 12. The minimum atomic E-state index is -1.16. The molecule has 0 bridgehead atoms. The van der Waals surface area contributed by atoms with E-state index in [9.17, 15) is 9.59 Å². The monoisotopic (exact) mass is 357 g/mol. The summed E-state index contributed by atoms with van der Waals surface area (Å²) >= 11 is 0. The van der Waals surface area contributed by atoms with Gasteiger partial charge in [0.15, 0.2) is 0 Å². The highest BCUT2D eigenvalue weighted by Gasteiger charge is 2.22. The molecule has 0 fully saturated rings. The number of rotatable bonds is 16. The van der Waals surface area contributed by atoms with Gasteiger partial charge >= 0.3 is 11.9 Å². The Morgan fingerprint density at radius 1 is 0.840 bits per heavy atom. The van der Waals surface area contributed by atoms with E-state index in [4.69, 9.17) is 10.8 Å². The molecule has 0 unspecified atom stereocenters. The van der Waals surface area contributed by atoms with Crippen LogP contribution in [-0.4, -0.2) is 29.2 Å². The maximum Gasteiger partial charge on any atom is 0.333 e. The van der Waals surface area contributed by atoms with E-state index in [2.05, 4.69) is 11.7 Å². The number of carbonyl (C=O) groups excluding carboxylic acids is 2. The zero-order valence-corrected chi connectivity index (χ0v) is 16.3. The summed E-state index contributed by atoms with van der Waals surface area (Å²) in [5.41, 5.74) is 5.41. The Morgan fingerprint density at radius 3 is 1.64 bits per heavy atom. The summed E-state index contributed by atoms with van der Waals surface area (Å²) in [5.74, 6) is -1.40. The highest BCUT2D eigenvalue weighted by molar-refractivity contribution is 5.88. The second kappa shape index (κ2) is 16.5. The summed E-state index contributed by atoms with van der Waals surface area (Å²) in [7, 11) is 0. The highest BCUT2D eigenvalue weighted by Crippen LogP contribution is 2.13. The number of esters is 2. The van der Waals surface area contributed by atoms with E-state index in [1.807, 2.05) is 0 Å². The van der Waals surface area contributed by atoms with Crippen molar-refractivity contribution in [2.45, 2.75) is 116 Å². The third-order valence-electron chi connectivity index (χ3n) is 4.49. The van der Waals surface area contributed by atoms with Crippen LogP contribution in [0.4, 0.5) is 0 Å². The van der Waals surface area contributed by atoms with Gasteiger partial charge in [0.1, 0.15) is 6.04 Å². The molecule has 0 saturated carbocycles. The molecule has 5 nitrogen and oxygen atoms in total. The Hall–Kier alpha value is -0.940. The number of ether oxygens (including phenoxy) is 1. The summed E-state index contributed by atoms with van der Waals surface area (Å²) in [5, 5.41) is 9.17. The molecule has 0 aromatic heterocycles. The van der Waals surface area contributed by atoms with Crippen LogP contribution in [0.3, 0.4) is 0 Å².